The Hall–Kier alpha value is -2.94. The molecular weight excluding hydrogens is 284 g/mol. The lowest BCUT2D eigenvalue weighted by Crippen LogP contribution is -2.06. The Morgan fingerprint density at radius 1 is 0.870 bits per heavy atom. The minimum Gasteiger partial charge on any atom is -0.494 e. The van der Waals surface area contributed by atoms with E-state index in [1.165, 1.54) is 0 Å². The van der Waals surface area contributed by atoms with Crippen LogP contribution in [0.2, 0.25) is 0 Å². The number of aliphatic imine (C=N–C) groups is 1. The van der Waals surface area contributed by atoms with Crippen molar-refractivity contribution in [2.45, 2.75) is 6.92 Å². The topological polar surface area (TPSA) is 34.5 Å². The summed E-state index contributed by atoms with van der Waals surface area (Å²) in [6.45, 7) is 1.98. The number of hydrogen-bond donors (Lipinski definition) is 0. The molecule has 0 saturated carbocycles. The van der Waals surface area contributed by atoms with Gasteiger partial charge in [-0.1, -0.05) is 48.5 Å². The molecule has 114 valence electrons. The van der Waals surface area contributed by atoms with E-state index in [-0.39, 0.29) is 0 Å². The highest BCUT2D eigenvalue weighted by Gasteiger charge is 2.10. The Morgan fingerprint density at radius 2 is 1.61 bits per heavy atom. The van der Waals surface area contributed by atoms with Gasteiger partial charge in [-0.05, 0) is 31.2 Å². The predicted octanol–water partition coefficient (Wildman–Crippen LogP) is 4.57. The van der Waals surface area contributed by atoms with Crippen LogP contribution in [0.25, 0.3) is 0 Å². The number of aromatic nitrogens is 1. The monoisotopic (exact) mass is 302 g/mol. The second-order valence-corrected chi connectivity index (χ2v) is 5.16. The highest BCUT2D eigenvalue weighted by molar-refractivity contribution is 6.13. The third-order valence-corrected chi connectivity index (χ3v) is 3.50. The van der Waals surface area contributed by atoms with Crippen LogP contribution in [0.3, 0.4) is 0 Å². The van der Waals surface area contributed by atoms with Gasteiger partial charge in [-0.25, -0.2) is 4.99 Å². The summed E-state index contributed by atoms with van der Waals surface area (Å²) in [4.78, 5) is 9.47. The van der Waals surface area contributed by atoms with Crippen LogP contribution in [0.5, 0.6) is 5.75 Å². The average Bonchev–Trinajstić information content (AvgIpc) is 2.60. The van der Waals surface area contributed by atoms with E-state index in [0.29, 0.717) is 0 Å². The van der Waals surface area contributed by atoms with E-state index in [4.69, 9.17) is 9.73 Å². The van der Waals surface area contributed by atoms with Crippen molar-refractivity contribution < 1.29 is 4.74 Å². The zero-order valence-corrected chi connectivity index (χ0v) is 13.2. The van der Waals surface area contributed by atoms with Gasteiger partial charge in [0.1, 0.15) is 11.4 Å². The van der Waals surface area contributed by atoms with E-state index in [9.17, 15) is 0 Å². The molecule has 0 amide bonds. The molecule has 0 aliphatic heterocycles. The van der Waals surface area contributed by atoms with Gasteiger partial charge in [0.25, 0.3) is 0 Å². The second kappa shape index (κ2) is 6.88. The van der Waals surface area contributed by atoms with Crippen LogP contribution < -0.4 is 4.74 Å². The molecular formula is C20H18N2O. The number of aryl methyl sites for hydroxylation is 1. The van der Waals surface area contributed by atoms with Crippen molar-refractivity contribution >= 4 is 11.4 Å². The lowest BCUT2D eigenvalue weighted by molar-refractivity contribution is 0.416. The van der Waals surface area contributed by atoms with Crippen molar-refractivity contribution in [2.75, 3.05) is 7.11 Å². The fourth-order valence-electron chi connectivity index (χ4n) is 2.38. The number of pyridine rings is 1. The fourth-order valence-corrected chi connectivity index (χ4v) is 2.38. The zero-order valence-electron chi connectivity index (χ0n) is 13.2. The van der Waals surface area contributed by atoms with E-state index in [1.807, 2.05) is 79.7 Å². The van der Waals surface area contributed by atoms with Crippen LogP contribution in [0.1, 0.15) is 17.0 Å². The summed E-state index contributed by atoms with van der Waals surface area (Å²) in [6, 6.07) is 23.8. The quantitative estimate of drug-likeness (QED) is 0.662. The van der Waals surface area contributed by atoms with Crippen LogP contribution in [0.15, 0.2) is 77.8 Å². The van der Waals surface area contributed by atoms with Crippen LogP contribution in [-0.4, -0.2) is 17.8 Å². The molecule has 23 heavy (non-hydrogen) atoms. The van der Waals surface area contributed by atoms with Gasteiger partial charge < -0.3 is 4.74 Å². The van der Waals surface area contributed by atoms with Crippen molar-refractivity contribution in [3.05, 3.63) is 89.7 Å². The maximum Gasteiger partial charge on any atom is 0.144 e. The molecule has 0 saturated heterocycles. The number of methoxy groups -OCH3 is 1. The molecule has 0 fully saturated rings. The van der Waals surface area contributed by atoms with Crippen LogP contribution in [-0.2, 0) is 0 Å². The number of para-hydroxylation sites is 2. The van der Waals surface area contributed by atoms with Gasteiger partial charge in [0.05, 0.1) is 18.5 Å². The largest absolute Gasteiger partial charge is 0.494 e. The van der Waals surface area contributed by atoms with Crippen molar-refractivity contribution in [3.8, 4) is 5.75 Å². The average molecular weight is 302 g/mol. The summed E-state index contributed by atoms with van der Waals surface area (Å²) < 4.78 is 5.41. The third kappa shape index (κ3) is 3.46. The van der Waals surface area contributed by atoms with Gasteiger partial charge in [0.2, 0.25) is 0 Å². The molecule has 0 aliphatic rings. The number of rotatable bonds is 4. The molecule has 0 spiro atoms. The molecule has 0 radical (unpaired) electrons. The highest BCUT2D eigenvalue weighted by atomic mass is 16.5. The normalized spacial score (nSPS) is 11.3. The molecule has 0 aliphatic carbocycles. The predicted molar refractivity (Wildman–Crippen MR) is 93.7 cm³/mol. The third-order valence-electron chi connectivity index (χ3n) is 3.50. The van der Waals surface area contributed by atoms with Crippen LogP contribution in [0.4, 0.5) is 5.69 Å². The Kier molecular flexibility index (Phi) is 4.48. The van der Waals surface area contributed by atoms with Crippen molar-refractivity contribution in [2.24, 2.45) is 4.99 Å². The molecule has 0 N–H and O–H groups in total. The van der Waals surface area contributed by atoms with Gasteiger partial charge in [0.15, 0.2) is 0 Å². The Bertz CT molecular complexity index is 826. The first-order valence-corrected chi connectivity index (χ1v) is 7.49. The van der Waals surface area contributed by atoms with Gasteiger partial charge in [0, 0.05) is 11.3 Å². The standard InChI is InChI=1S/C20H18N2O/c1-15-9-8-13-18(21-15)20(16-10-4-3-5-11-16)22-17-12-6-7-14-19(17)23-2/h3-14H,1-2H3. The summed E-state index contributed by atoms with van der Waals surface area (Å²) in [6.07, 6.45) is 0. The molecule has 3 nitrogen and oxygen atoms in total. The smallest absolute Gasteiger partial charge is 0.144 e. The molecule has 2 aromatic carbocycles. The van der Waals surface area contributed by atoms with E-state index in [2.05, 4.69) is 4.98 Å². The highest BCUT2D eigenvalue weighted by Crippen LogP contribution is 2.28. The van der Waals surface area contributed by atoms with Crippen molar-refractivity contribution in [1.82, 2.24) is 4.98 Å². The van der Waals surface area contributed by atoms with Crippen molar-refractivity contribution in [1.29, 1.82) is 0 Å². The maximum absolute atomic E-state index is 5.41. The van der Waals surface area contributed by atoms with Gasteiger partial charge in [-0.15, -0.1) is 0 Å². The number of benzene rings is 2. The minimum absolute atomic E-state index is 0.744. The van der Waals surface area contributed by atoms with Gasteiger partial charge in [-0.3, -0.25) is 4.98 Å². The minimum atomic E-state index is 0.744. The fraction of sp³-hybridized carbons (Fsp3) is 0.100. The summed E-state index contributed by atoms with van der Waals surface area (Å²) in [5.74, 6) is 0.744. The zero-order chi connectivity index (χ0) is 16.1. The Morgan fingerprint density at radius 3 is 2.35 bits per heavy atom. The molecule has 1 heterocycles. The Labute approximate surface area is 136 Å². The molecule has 0 unspecified atom stereocenters. The molecule has 0 bridgehead atoms. The summed E-state index contributed by atoms with van der Waals surface area (Å²) in [7, 11) is 1.65. The van der Waals surface area contributed by atoms with Crippen LogP contribution >= 0.6 is 0 Å². The van der Waals surface area contributed by atoms with E-state index in [1.54, 1.807) is 7.11 Å². The summed E-state index contributed by atoms with van der Waals surface area (Å²) >= 11 is 0. The van der Waals surface area contributed by atoms with Gasteiger partial charge >= 0.3 is 0 Å². The number of ether oxygens (including phenoxy) is 1. The SMILES string of the molecule is COc1ccccc1N=C(c1ccccc1)c1cccc(C)n1. The van der Waals surface area contributed by atoms with Crippen molar-refractivity contribution in [3.63, 3.8) is 0 Å². The lowest BCUT2D eigenvalue weighted by Gasteiger charge is -2.09. The second-order valence-electron chi connectivity index (χ2n) is 5.16. The summed E-state index contributed by atoms with van der Waals surface area (Å²) in [5, 5.41) is 0. The first-order chi connectivity index (χ1) is 11.3. The number of nitrogens with zero attached hydrogens (tertiary/aromatic N) is 2. The first kappa shape index (κ1) is 15.0. The number of hydrogen-bond acceptors (Lipinski definition) is 3. The lowest BCUT2D eigenvalue weighted by atomic mass is 10.1. The Balaban J connectivity index is 2.18. The first-order valence-electron chi connectivity index (χ1n) is 7.49. The van der Waals surface area contributed by atoms with Gasteiger partial charge in [-0.2, -0.15) is 0 Å². The van der Waals surface area contributed by atoms with E-state index < -0.39 is 0 Å². The molecule has 0 atom stereocenters. The summed E-state index contributed by atoms with van der Waals surface area (Å²) in [5.41, 5.74) is 4.46. The molecule has 3 rings (SSSR count). The van der Waals surface area contributed by atoms with E-state index >= 15 is 0 Å². The van der Waals surface area contributed by atoms with E-state index in [0.717, 1.165) is 34.1 Å². The maximum atomic E-state index is 5.41. The molecule has 1 aromatic heterocycles. The molecule has 3 heteroatoms. The molecule has 3 aromatic rings. The van der Waals surface area contributed by atoms with Crippen LogP contribution in [0, 0.1) is 6.92 Å².